The third-order valence-electron chi connectivity index (χ3n) is 4.10. The van der Waals surface area contributed by atoms with Crippen LogP contribution in [0.4, 0.5) is 0 Å². The minimum absolute atomic E-state index is 0.000602. The number of rotatable bonds is 5. The van der Waals surface area contributed by atoms with Crippen LogP contribution >= 0.6 is 0 Å². The first-order valence-electron chi connectivity index (χ1n) is 7.73. The quantitative estimate of drug-likeness (QED) is 0.441. The molecule has 20 heavy (non-hydrogen) atoms. The van der Waals surface area contributed by atoms with E-state index in [4.69, 9.17) is 9.47 Å². The van der Waals surface area contributed by atoms with Crippen molar-refractivity contribution >= 4 is 11.9 Å². The van der Waals surface area contributed by atoms with Crippen LogP contribution in [0.25, 0.3) is 0 Å². The lowest BCUT2D eigenvalue weighted by molar-refractivity contribution is -0.164. The Hall–Kier alpha value is -1.32. The second-order valence-electron chi connectivity index (χ2n) is 5.46. The van der Waals surface area contributed by atoms with Crippen LogP contribution in [0.1, 0.15) is 52.4 Å². The van der Waals surface area contributed by atoms with Gasteiger partial charge in [0.05, 0.1) is 13.2 Å². The molecular formula is C16H24O4. The Bertz CT molecular complexity index is 387. The summed E-state index contributed by atoms with van der Waals surface area (Å²) in [5.74, 6) is -1.61. The first kappa shape index (κ1) is 15.1. The van der Waals surface area contributed by atoms with Gasteiger partial charge >= 0.3 is 11.9 Å². The fraction of sp³-hybridized carbons (Fsp3) is 0.750. The number of esters is 2. The number of ether oxygens (including phenoxy) is 2. The van der Waals surface area contributed by atoms with E-state index in [0.717, 1.165) is 38.5 Å². The van der Waals surface area contributed by atoms with Crippen LogP contribution in [0.2, 0.25) is 0 Å². The smallest absolute Gasteiger partial charge is 0.320 e. The molecule has 2 fully saturated rings. The zero-order valence-corrected chi connectivity index (χ0v) is 12.4. The van der Waals surface area contributed by atoms with Crippen LogP contribution in [0.5, 0.6) is 0 Å². The molecule has 1 atom stereocenters. The Kier molecular flexibility index (Phi) is 5.21. The molecule has 2 rings (SSSR count). The van der Waals surface area contributed by atoms with Crippen LogP contribution in [0.3, 0.4) is 0 Å². The van der Waals surface area contributed by atoms with Crippen molar-refractivity contribution in [3.8, 4) is 0 Å². The standard InChI is InChI=1S/C16H24O4/c1-3-19-15(17)14(16(18)20-4-2)13-8-6-5-7-12(13)11-9-10-11/h13-14H,3-10H2,1-2H3. The van der Waals surface area contributed by atoms with Gasteiger partial charge in [-0.25, -0.2) is 0 Å². The van der Waals surface area contributed by atoms with E-state index < -0.39 is 17.9 Å². The summed E-state index contributed by atoms with van der Waals surface area (Å²) < 4.78 is 10.2. The van der Waals surface area contributed by atoms with Crippen molar-refractivity contribution in [3.05, 3.63) is 11.1 Å². The van der Waals surface area contributed by atoms with Gasteiger partial charge in [-0.3, -0.25) is 9.59 Å². The van der Waals surface area contributed by atoms with E-state index >= 15 is 0 Å². The predicted molar refractivity (Wildman–Crippen MR) is 75.0 cm³/mol. The van der Waals surface area contributed by atoms with Crippen molar-refractivity contribution in [1.82, 2.24) is 0 Å². The fourth-order valence-electron chi connectivity index (χ4n) is 3.12. The minimum Gasteiger partial charge on any atom is -0.465 e. The van der Waals surface area contributed by atoms with Gasteiger partial charge in [-0.1, -0.05) is 17.6 Å². The molecule has 2 aliphatic carbocycles. The average Bonchev–Trinajstić information content (AvgIpc) is 3.24. The lowest BCUT2D eigenvalue weighted by Gasteiger charge is -2.30. The van der Waals surface area contributed by atoms with Crippen molar-refractivity contribution in [2.24, 2.45) is 11.8 Å². The van der Waals surface area contributed by atoms with Crippen molar-refractivity contribution in [2.75, 3.05) is 13.2 Å². The molecule has 2 aliphatic rings. The summed E-state index contributed by atoms with van der Waals surface area (Å²) in [6, 6.07) is 0. The predicted octanol–water partition coefficient (Wildman–Crippen LogP) is 3.01. The highest BCUT2D eigenvalue weighted by Crippen LogP contribution is 2.44. The van der Waals surface area contributed by atoms with Crippen LogP contribution in [-0.2, 0) is 19.1 Å². The van der Waals surface area contributed by atoms with E-state index in [1.807, 2.05) is 0 Å². The van der Waals surface area contributed by atoms with Gasteiger partial charge in [0.15, 0.2) is 5.92 Å². The third-order valence-corrected chi connectivity index (χ3v) is 4.10. The van der Waals surface area contributed by atoms with Crippen molar-refractivity contribution in [1.29, 1.82) is 0 Å². The second-order valence-corrected chi connectivity index (χ2v) is 5.46. The van der Waals surface area contributed by atoms with E-state index in [9.17, 15) is 9.59 Å². The molecule has 0 aliphatic heterocycles. The summed E-state index contributed by atoms with van der Waals surface area (Å²) >= 11 is 0. The zero-order valence-electron chi connectivity index (χ0n) is 12.4. The van der Waals surface area contributed by atoms with Gasteiger partial charge in [0.25, 0.3) is 0 Å². The Morgan fingerprint density at radius 1 is 1.05 bits per heavy atom. The van der Waals surface area contributed by atoms with Gasteiger partial charge in [-0.05, 0) is 46.0 Å². The van der Waals surface area contributed by atoms with E-state index in [2.05, 4.69) is 0 Å². The maximum Gasteiger partial charge on any atom is 0.320 e. The maximum absolute atomic E-state index is 12.2. The highest BCUT2D eigenvalue weighted by Gasteiger charge is 2.41. The summed E-state index contributed by atoms with van der Waals surface area (Å²) in [7, 11) is 0. The van der Waals surface area contributed by atoms with Crippen LogP contribution in [0.15, 0.2) is 11.1 Å². The van der Waals surface area contributed by atoms with E-state index in [1.165, 1.54) is 11.1 Å². The minimum atomic E-state index is -0.765. The van der Waals surface area contributed by atoms with Gasteiger partial charge < -0.3 is 9.47 Å². The summed E-state index contributed by atoms with van der Waals surface area (Å²) in [4.78, 5) is 24.4. The van der Waals surface area contributed by atoms with Crippen LogP contribution < -0.4 is 0 Å². The van der Waals surface area contributed by atoms with Gasteiger partial charge in [0.2, 0.25) is 0 Å². The van der Waals surface area contributed by atoms with E-state index in [-0.39, 0.29) is 5.92 Å². The SMILES string of the molecule is CCOC(=O)C(C(=O)OCC)C1CCCCC1=C1CC1. The van der Waals surface area contributed by atoms with E-state index in [0.29, 0.717) is 13.2 Å². The van der Waals surface area contributed by atoms with Gasteiger partial charge in [-0.2, -0.15) is 0 Å². The highest BCUT2D eigenvalue weighted by atomic mass is 16.6. The Balaban J connectivity index is 2.21. The van der Waals surface area contributed by atoms with Gasteiger partial charge in [0, 0.05) is 5.92 Å². The Labute approximate surface area is 120 Å². The number of allylic oxidation sites excluding steroid dienone is 2. The molecule has 0 amide bonds. The molecule has 0 saturated heterocycles. The lowest BCUT2D eigenvalue weighted by Crippen LogP contribution is -2.36. The summed E-state index contributed by atoms with van der Waals surface area (Å²) in [6.45, 7) is 4.13. The third kappa shape index (κ3) is 3.41. The molecule has 0 bridgehead atoms. The second kappa shape index (κ2) is 6.91. The van der Waals surface area contributed by atoms with Gasteiger partial charge in [-0.15, -0.1) is 0 Å². The summed E-state index contributed by atoms with van der Waals surface area (Å²) in [5, 5.41) is 0. The van der Waals surface area contributed by atoms with Gasteiger partial charge in [0.1, 0.15) is 0 Å². The molecule has 0 aromatic rings. The van der Waals surface area contributed by atoms with Crippen molar-refractivity contribution in [3.63, 3.8) is 0 Å². The maximum atomic E-state index is 12.2. The molecule has 0 radical (unpaired) electrons. The molecule has 0 spiro atoms. The number of hydrogen-bond acceptors (Lipinski definition) is 4. The van der Waals surface area contributed by atoms with Crippen LogP contribution in [0, 0.1) is 11.8 Å². The number of carbonyl (C=O) groups is 2. The number of hydrogen-bond donors (Lipinski definition) is 0. The largest absolute Gasteiger partial charge is 0.465 e. The summed E-state index contributed by atoms with van der Waals surface area (Å²) in [6.07, 6.45) is 6.40. The molecule has 4 nitrogen and oxygen atoms in total. The molecule has 0 heterocycles. The monoisotopic (exact) mass is 280 g/mol. The molecule has 4 heteroatoms. The lowest BCUT2D eigenvalue weighted by atomic mass is 9.75. The molecule has 112 valence electrons. The van der Waals surface area contributed by atoms with Crippen molar-refractivity contribution < 1.29 is 19.1 Å². The van der Waals surface area contributed by atoms with E-state index in [1.54, 1.807) is 13.8 Å². The number of carbonyl (C=O) groups excluding carboxylic acids is 2. The fourth-order valence-corrected chi connectivity index (χ4v) is 3.12. The first-order valence-corrected chi connectivity index (χ1v) is 7.73. The Morgan fingerprint density at radius 3 is 2.15 bits per heavy atom. The topological polar surface area (TPSA) is 52.6 Å². The zero-order chi connectivity index (χ0) is 14.5. The van der Waals surface area contributed by atoms with Crippen LogP contribution in [-0.4, -0.2) is 25.2 Å². The average molecular weight is 280 g/mol. The molecule has 0 N–H and O–H groups in total. The van der Waals surface area contributed by atoms with Crippen molar-refractivity contribution in [2.45, 2.75) is 52.4 Å². The Morgan fingerprint density at radius 2 is 1.65 bits per heavy atom. The molecule has 2 saturated carbocycles. The highest BCUT2D eigenvalue weighted by molar-refractivity contribution is 5.95. The molecule has 1 unspecified atom stereocenters. The summed E-state index contributed by atoms with van der Waals surface area (Å²) in [5.41, 5.74) is 2.79. The first-order chi connectivity index (χ1) is 9.69. The molecule has 0 aromatic carbocycles. The normalized spacial score (nSPS) is 21.9. The molecule has 0 aromatic heterocycles. The molecular weight excluding hydrogens is 256 g/mol.